The standard InChI is InChI=1S/C30H33N5O7S/c1-40-21-18-25(28(26(19-21)41-2)42-16-6-15-36)33-29-30(32-24-8-4-3-7-23(24)31-29)34-43(38,39)22-11-9-20(10-12-22)17-27(37)35-13-5-14-35/h3-4,7-12,18-19,36H,5-6,13-17H2,1-2H3,(H,31,33)(H,32,34). The highest BCUT2D eigenvalue weighted by atomic mass is 32.2. The molecule has 0 bridgehead atoms. The fraction of sp³-hybridized carbons (Fsp3) is 0.300. The van der Waals surface area contributed by atoms with Crippen molar-refractivity contribution in [1.29, 1.82) is 0 Å². The van der Waals surface area contributed by atoms with Gasteiger partial charge in [0.2, 0.25) is 5.91 Å². The molecule has 3 N–H and O–H groups in total. The predicted octanol–water partition coefficient (Wildman–Crippen LogP) is 3.73. The number of hydrogen-bond acceptors (Lipinski definition) is 10. The van der Waals surface area contributed by atoms with E-state index in [1.807, 2.05) is 0 Å². The SMILES string of the molecule is COc1cc(Nc2nc3ccccc3nc2NS(=O)(=O)c2ccc(CC(=O)N3CCC3)cc2)c(OCCCO)c(OC)c1. The first kappa shape index (κ1) is 29.9. The number of ether oxygens (including phenoxy) is 3. The second-order valence-electron chi connectivity index (χ2n) is 9.83. The van der Waals surface area contributed by atoms with E-state index in [0.717, 1.165) is 25.1 Å². The number of para-hydroxylation sites is 2. The van der Waals surface area contributed by atoms with Crippen LogP contribution in [0.15, 0.2) is 65.6 Å². The highest BCUT2D eigenvalue weighted by Crippen LogP contribution is 2.42. The van der Waals surface area contributed by atoms with Gasteiger partial charge >= 0.3 is 0 Å². The number of hydrogen-bond donors (Lipinski definition) is 3. The molecular formula is C30H33N5O7S. The first-order valence-electron chi connectivity index (χ1n) is 13.7. The molecule has 1 aliphatic rings. The van der Waals surface area contributed by atoms with Crippen LogP contribution in [-0.4, -0.2) is 74.8 Å². The summed E-state index contributed by atoms with van der Waals surface area (Å²) in [5.74, 6) is 1.24. The van der Waals surface area contributed by atoms with Gasteiger partial charge in [0.25, 0.3) is 10.0 Å². The Morgan fingerprint density at radius 3 is 2.28 bits per heavy atom. The number of nitrogens with one attached hydrogen (secondary N) is 2. The number of aliphatic hydroxyl groups is 1. The fourth-order valence-electron chi connectivity index (χ4n) is 4.44. The van der Waals surface area contributed by atoms with E-state index < -0.39 is 10.0 Å². The first-order chi connectivity index (χ1) is 20.8. The van der Waals surface area contributed by atoms with E-state index in [4.69, 9.17) is 14.2 Å². The number of aliphatic hydroxyl groups excluding tert-OH is 1. The van der Waals surface area contributed by atoms with Crippen molar-refractivity contribution in [2.45, 2.75) is 24.2 Å². The number of nitrogens with zero attached hydrogens (tertiary/aromatic N) is 3. The molecule has 5 rings (SSSR count). The molecule has 0 spiro atoms. The minimum atomic E-state index is -4.10. The van der Waals surface area contributed by atoms with Crippen molar-refractivity contribution in [3.8, 4) is 17.2 Å². The Morgan fingerprint density at radius 2 is 1.67 bits per heavy atom. The molecule has 3 aromatic carbocycles. The molecule has 1 aliphatic heterocycles. The van der Waals surface area contributed by atoms with Crippen molar-refractivity contribution in [3.05, 3.63) is 66.2 Å². The maximum Gasteiger partial charge on any atom is 0.263 e. The maximum atomic E-state index is 13.5. The second-order valence-corrected chi connectivity index (χ2v) is 11.5. The van der Waals surface area contributed by atoms with E-state index in [1.54, 1.807) is 53.4 Å². The lowest BCUT2D eigenvalue weighted by atomic mass is 10.1. The molecule has 1 aromatic heterocycles. The van der Waals surface area contributed by atoms with Crippen LogP contribution in [0.4, 0.5) is 17.3 Å². The van der Waals surface area contributed by atoms with Crippen LogP contribution in [0.5, 0.6) is 17.2 Å². The number of sulfonamides is 1. The molecular weight excluding hydrogens is 574 g/mol. The first-order valence-corrected chi connectivity index (χ1v) is 15.2. The fourth-order valence-corrected chi connectivity index (χ4v) is 5.45. The van der Waals surface area contributed by atoms with E-state index in [0.29, 0.717) is 40.4 Å². The molecule has 1 fully saturated rings. The van der Waals surface area contributed by atoms with Gasteiger partial charge in [0.05, 0.1) is 48.9 Å². The van der Waals surface area contributed by atoms with Crippen molar-refractivity contribution in [2.24, 2.45) is 0 Å². The number of methoxy groups -OCH3 is 2. The zero-order valence-corrected chi connectivity index (χ0v) is 24.7. The van der Waals surface area contributed by atoms with Gasteiger partial charge in [-0.2, -0.15) is 0 Å². The Morgan fingerprint density at radius 1 is 0.977 bits per heavy atom. The average molecular weight is 608 g/mol. The minimum absolute atomic E-state index is 0.00429. The number of carbonyl (C=O) groups excluding carboxylic acids is 1. The molecule has 0 saturated carbocycles. The molecule has 226 valence electrons. The Bertz CT molecular complexity index is 1710. The van der Waals surface area contributed by atoms with Gasteiger partial charge in [0.15, 0.2) is 23.1 Å². The summed E-state index contributed by atoms with van der Waals surface area (Å²) in [6, 6.07) is 16.6. The van der Waals surface area contributed by atoms with E-state index >= 15 is 0 Å². The summed E-state index contributed by atoms with van der Waals surface area (Å²) in [5, 5.41) is 12.4. The lowest BCUT2D eigenvalue weighted by Gasteiger charge is -2.30. The Balaban J connectivity index is 1.48. The Labute approximate surface area is 249 Å². The van der Waals surface area contributed by atoms with Gasteiger partial charge in [-0.25, -0.2) is 18.4 Å². The third-order valence-corrected chi connectivity index (χ3v) is 8.24. The topological polar surface area (TPSA) is 152 Å². The highest BCUT2D eigenvalue weighted by Gasteiger charge is 2.23. The zero-order chi connectivity index (χ0) is 30.4. The lowest BCUT2D eigenvalue weighted by Crippen LogP contribution is -2.42. The quantitative estimate of drug-likeness (QED) is 0.192. The number of rotatable bonds is 13. The summed E-state index contributed by atoms with van der Waals surface area (Å²) >= 11 is 0. The van der Waals surface area contributed by atoms with Gasteiger partial charge in [0, 0.05) is 38.2 Å². The van der Waals surface area contributed by atoms with Crippen molar-refractivity contribution in [2.75, 3.05) is 50.6 Å². The Kier molecular flexibility index (Phi) is 9.12. The molecule has 43 heavy (non-hydrogen) atoms. The Hall–Kier alpha value is -4.62. The molecule has 0 atom stereocenters. The van der Waals surface area contributed by atoms with Crippen molar-refractivity contribution < 1.29 is 32.5 Å². The molecule has 12 nitrogen and oxygen atoms in total. The summed E-state index contributed by atoms with van der Waals surface area (Å²) in [6.07, 6.45) is 1.61. The summed E-state index contributed by atoms with van der Waals surface area (Å²) in [6.45, 7) is 1.67. The number of fused-ring (bicyclic) bond motifs is 1. The predicted molar refractivity (Wildman–Crippen MR) is 162 cm³/mol. The van der Waals surface area contributed by atoms with E-state index in [9.17, 15) is 18.3 Å². The molecule has 0 aliphatic carbocycles. The summed E-state index contributed by atoms with van der Waals surface area (Å²) in [5.41, 5.74) is 2.12. The number of carbonyl (C=O) groups is 1. The van der Waals surface area contributed by atoms with Crippen LogP contribution in [0.1, 0.15) is 18.4 Å². The normalized spacial score (nSPS) is 12.9. The summed E-state index contributed by atoms with van der Waals surface area (Å²) < 4.78 is 46.4. The van der Waals surface area contributed by atoms with Crippen molar-refractivity contribution >= 4 is 44.3 Å². The number of likely N-dealkylation sites (tertiary alicyclic amines) is 1. The van der Waals surface area contributed by atoms with Crippen LogP contribution < -0.4 is 24.2 Å². The van der Waals surface area contributed by atoms with Crippen LogP contribution in [0.2, 0.25) is 0 Å². The van der Waals surface area contributed by atoms with Gasteiger partial charge in [-0.3, -0.25) is 9.52 Å². The van der Waals surface area contributed by atoms with E-state index in [-0.39, 0.29) is 42.1 Å². The van der Waals surface area contributed by atoms with E-state index in [2.05, 4.69) is 20.0 Å². The van der Waals surface area contributed by atoms with Crippen molar-refractivity contribution in [1.82, 2.24) is 14.9 Å². The molecule has 0 unspecified atom stereocenters. The summed E-state index contributed by atoms with van der Waals surface area (Å²) in [4.78, 5) is 23.3. The van der Waals surface area contributed by atoms with Crippen LogP contribution in [0, 0.1) is 0 Å². The van der Waals surface area contributed by atoms with Gasteiger partial charge in [0.1, 0.15) is 5.75 Å². The molecule has 13 heteroatoms. The monoisotopic (exact) mass is 607 g/mol. The summed E-state index contributed by atoms with van der Waals surface area (Å²) in [7, 11) is -1.11. The lowest BCUT2D eigenvalue weighted by molar-refractivity contribution is -0.133. The third kappa shape index (κ3) is 6.89. The van der Waals surface area contributed by atoms with Crippen LogP contribution in [0.25, 0.3) is 11.0 Å². The van der Waals surface area contributed by atoms with Crippen LogP contribution >= 0.6 is 0 Å². The zero-order valence-electron chi connectivity index (χ0n) is 23.9. The van der Waals surface area contributed by atoms with Crippen LogP contribution in [0.3, 0.4) is 0 Å². The number of benzene rings is 3. The van der Waals surface area contributed by atoms with Gasteiger partial charge in [-0.05, 0) is 36.2 Å². The smallest absolute Gasteiger partial charge is 0.263 e. The largest absolute Gasteiger partial charge is 0.497 e. The molecule has 4 aromatic rings. The minimum Gasteiger partial charge on any atom is -0.497 e. The number of amides is 1. The highest BCUT2D eigenvalue weighted by molar-refractivity contribution is 7.92. The van der Waals surface area contributed by atoms with Gasteiger partial charge in [-0.1, -0.05) is 24.3 Å². The van der Waals surface area contributed by atoms with Gasteiger partial charge < -0.3 is 29.5 Å². The third-order valence-electron chi connectivity index (χ3n) is 6.89. The number of aromatic nitrogens is 2. The molecule has 1 amide bonds. The molecule has 0 radical (unpaired) electrons. The average Bonchev–Trinajstić information content (AvgIpc) is 2.97. The van der Waals surface area contributed by atoms with Crippen LogP contribution in [-0.2, 0) is 21.2 Å². The van der Waals surface area contributed by atoms with Crippen molar-refractivity contribution in [3.63, 3.8) is 0 Å². The molecule has 1 saturated heterocycles. The van der Waals surface area contributed by atoms with E-state index in [1.165, 1.54) is 26.4 Å². The van der Waals surface area contributed by atoms with Gasteiger partial charge in [-0.15, -0.1) is 0 Å². The second kappa shape index (κ2) is 13.1. The number of anilines is 3. The molecule has 2 heterocycles. The maximum absolute atomic E-state index is 13.5.